The van der Waals surface area contributed by atoms with Gasteiger partial charge in [0.25, 0.3) is 0 Å². The van der Waals surface area contributed by atoms with Crippen LogP contribution in [0.5, 0.6) is 0 Å². The van der Waals surface area contributed by atoms with Gasteiger partial charge >= 0.3 is 0 Å². The Hall–Kier alpha value is -0.570. The number of aliphatic hydroxyl groups is 1. The molecule has 0 spiro atoms. The largest absolute Gasteiger partial charge is 0.394 e. The highest BCUT2D eigenvalue weighted by Gasteiger charge is 2.11. The van der Waals surface area contributed by atoms with Crippen LogP contribution in [0, 0.1) is 0 Å². The predicted octanol–water partition coefficient (Wildman–Crippen LogP) is -0.289. The second-order valence-corrected chi connectivity index (χ2v) is 2.29. The Labute approximate surface area is 55.0 Å². The van der Waals surface area contributed by atoms with Gasteiger partial charge in [0.2, 0.25) is 0 Å². The fraction of sp³-hybridized carbons (Fsp3) is 0.833. The summed E-state index contributed by atoms with van der Waals surface area (Å²) in [6.45, 7) is 4.04. The van der Waals surface area contributed by atoms with E-state index in [9.17, 15) is 0 Å². The average molecular weight is 128 g/mol. The summed E-state index contributed by atoms with van der Waals surface area (Å²) in [6, 6.07) is 0.233. The van der Waals surface area contributed by atoms with Crippen molar-refractivity contribution in [3.63, 3.8) is 0 Å². The van der Waals surface area contributed by atoms with Crippen LogP contribution < -0.4 is 0 Å². The van der Waals surface area contributed by atoms with Crippen LogP contribution in [-0.2, 0) is 0 Å². The standard InChI is InChI=1S/C6H12N2O/c1-6(4-9)8-3-2-7-5-8/h5-6,9H,2-4H2,1H3. The second kappa shape index (κ2) is 2.82. The van der Waals surface area contributed by atoms with Crippen LogP contribution in [-0.4, -0.2) is 42.1 Å². The average Bonchev–Trinajstić information content (AvgIpc) is 2.37. The third kappa shape index (κ3) is 1.42. The predicted molar refractivity (Wildman–Crippen MR) is 36.6 cm³/mol. The number of nitrogens with zero attached hydrogens (tertiary/aromatic N) is 2. The lowest BCUT2D eigenvalue weighted by atomic mass is 10.3. The summed E-state index contributed by atoms with van der Waals surface area (Å²) >= 11 is 0. The molecule has 0 saturated heterocycles. The lowest BCUT2D eigenvalue weighted by Gasteiger charge is -2.19. The summed E-state index contributed by atoms with van der Waals surface area (Å²) in [5.74, 6) is 0. The van der Waals surface area contributed by atoms with Crippen molar-refractivity contribution in [2.75, 3.05) is 19.7 Å². The molecule has 3 nitrogen and oxygen atoms in total. The molecule has 0 aromatic carbocycles. The second-order valence-electron chi connectivity index (χ2n) is 2.29. The molecule has 1 heterocycles. The van der Waals surface area contributed by atoms with E-state index in [0.29, 0.717) is 0 Å². The summed E-state index contributed by atoms with van der Waals surface area (Å²) in [5, 5.41) is 8.69. The first kappa shape index (κ1) is 6.55. The highest BCUT2D eigenvalue weighted by molar-refractivity contribution is 5.57. The van der Waals surface area contributed by atoms with Gasteiger partial charge in [0, 0.05) is 6.54 Å². The van der Waals surface area contributed by atoms with Gasteiger partial charge in [0.15, 0.2) is 0 Å². The number of aliphatic hydroxyl groups excluding tert-OH is 1. The Bertz CT molecular complexity index is 114. The number of hydrogen-bond donors (Lipinski definition) is 1. The van der Waals surface area contributed by atoms with Crippen LogP contribution in [0.1, 0.15) is 6.92 Å². The minimum atomic E-state index is 0.214. The normalized spacial score (nSPS) is 20.9. The minimum Gasteiger partial charge on any atom is -0.394 e. The molecule has 0 saturated carbocycles. The van der Waals surface area contributed by atoms with E-state index in [1.807, 2.05) is 11.8 Å². The zero-order valence-electron chi connectivity index (χ0n) is 5.62. The zero-order chi connectivity index (χ0) is 6.69. The van der Waals surface area contributed by atoms with E-state index in [1.165, 1.54) is 0 Å². The third-order valence-electron chi connectivity index (χ3n) is 1.55. The molecule has 3 heteroatoms. The van der Waals surface area contributed by atoms with E-state index in [1.54, 1.807) is 6.34 Å². The van der Waals surface area contributed by atoms with Gasteiger partial charge in [-0.1, -0.05) is 0 Å². The molecule has 1 N–H and O–H groups in total. The maximum Gasteiger partial charge on any atom is 0.0854 e. The minimum absolute atomic E-state index is 0.214. The molecule has 0 bridgehead atoms. The Morgan fingerprint density at radius 2 is 2.67 bits per heavy atom. The van der Waals surface area contributed by atoms with Crippen molar-refractivity contribution in [1.82, 2.24) is 4.90 Å². The van der Waals surface area contributed by atoms with Gasteiger partial charge < -0.3 is 10.0 Å². The lowest BCUT2D eigenvalue weighted by Crippen LogP contribution is -2.32. The van der Waals surface area contributed by atoms with Crippen LogP contribution in [0.2, 0.25) is 0 Å². The molecular formula is C6H12N2O. The van der Waals surface area contributed by atoms with Crippen LogP contribution in [0.25, 0.3) is 0 Å². The van der Waals surface area contributed by atoms with Gasteiger partial charge in [-0.25, -0.2) is 0 Å². The van der Waals surface area contributed by atoms with Crippen LogP contribution in [0.15, 0.2) is 4.99 Å². The maximum atomic E-state index is 8.69. The molecule has 0 amide bonds. The molecule has 0 aliphatic carbocycles. The molecule has 1 unspecified atom stereocenters. The molecule has 0 radical (unpaired) electrons. The highest BCUT2D eigenvalue weighted by atomic mass is 16.3. The number of rotatable bonds is 2. The number of aliphatic imine (C=N–C) groups is 1. The van der Waals surface area contributed by atoms with Crippen LogP contribution in [0.3, 0.4) is 0 Å². The molecular weight excluding hydrogens is 116 g/mol. The van der Waals surface area contributed by atoms with Gasteiger partial charge in [0.1, 0.15) is 0 Å². The molecule has 52 valence electrons. The van der Waals surface area contributed by atoms with Gasteiger partial charge in [0.05, 0.1) is 25.5 Å². The molecule has 9 heavy (non-hydrogen) atoms. The first-order valence-electron chi connectivity index (χ1n) is 3.21. The topological polar surface area (TPSA) is 35.8 Å². The van der Waals surface area contributed by atoms with E-state index in [4.69, 9.17) is 5.11 Å². The van der Waals surface area contributed by atoms with Gasteiger partial charge in [-0.15, -0.1) is 0 Å². The van der Waals surface area contributed by atoms with Crippen LogP contribution in [0.4, 0.5) is 0 Å². The fourth-order valence-electron chi connectivity index (χ4n) is 0.833. The van der Waals surface area contributed by atoms with E-state index < -0.39 is 0 Å². The SMILES string of the molecule is CC(CO)N1C=NCC1. The lowest BCUT2D eigenvalue weighted by molar-refractivity contribution is 0.202. The van der Waals surface area contributed by atoms with Gasteiger partial charge in [-0.05, 0) is 6.92 Å². The summed E-state index contributed by atoms with van der Waals surface area (Å²) < 4.78 is 0. The van der Waals surface area contributed by atoms with E-state index in [0.717, 1.165) is 13.1 Å². The molecule has 0 aromatic heterocycles. The Morgan fingerprint density at radius 3 is 3.11 bits per heavy atom. The Kier molecular flexibility index (Phi) is 2.05. The summed E-state index contributed by atoms with van der Waals surface area (Å²) in [7, 11) is 0. The highest BCUT2D eigenvalue weighted by Crippen LogP contribution is 1.98. The molecule has 1 rings (SSSR count). The monoisotopic (exact) mass is 128 g/mol. The van der Waals surface area contributed by atoms with Crippen molar-refractivity contribution in [2.45, 2.75) is 13.0 Å². The van der Waals surface area contributed by atoms with Crippen molar-refractivity contribution in [3.8, 4) is 0 Å². The van der Waals surface area contributed by atoms with Crippen molar-refractivity contribution in [2.24, 2.45) is 4.99 Å². The molecule has 0 fully saturated rings. The summed E-state index contributed by atoms with van der Waals surface area (Å²) in [6.07, 6.45) is 1.81. The van der Waals surface area contributed by atoms with Crippen molar-refractivity contribution in [1.29, 1.82) is 0 Å². The van der Waals surface area contributed by atoms with Gasteiger partial charge in [-0.2, -0.15) is 0 Å². The van der Waals surface area contributed by atoms with E-state index in [2.05, 4.69) is 4.99 Å². The van der Waals surface area contributed by atoms with Crippen molar-refractivity contribution < 1.29 is 5.11 Å². The first-order valence-corrected chi connectivity index (χ1v) is 3.21. The summed E-state index contributed by atoms with van der Waals surface area (Å²) in [4.78, 5) is 6.07. The smallest absolute Gasteiger partial charge is 0.0854 e. The molecule has 1 aliphatic rings. The summed E-state index contributed by atoms with van der Waals surface area (Å²) in [5.41, 5.74) is 0. The molecule has 1 aliphatic heterocycles. The fourth-order valence-corrected chi connectivity index (χ4v) is 0.833. The van der Waals surface area contributed by atoms with Crippen molar-refractivity contribution >= 4 is 6.34 Å². The quantitative estimate of drug-likeness (QED) is 0.554. The van der Waals surface area contributed by atoms with Crippen molar-refractivity contribution in [3.05, 3.63) is 0 Å². The van der Waals surface area contributed by atoms with Gasteiger partial charge in [-0.3, -0.25) is 4.99 Å². The van der Waals surface area contributed by atoms with Crippen LogP contribution >= 0.6 is 0 Å². The molecule has 1 atom stereocenters. The maximum absolute atomic E-state index is 8.69. The zero-order valence-corrected chi connectivity index (χ0v) is 5.62. The number of hydrogen-bond acceptors (Lipinski definition) is 3. The third-order valence-corrected chi connectivity index (χ3v) is 1.55. The molecule has 0 aromatic rings. The van der Waals surface area contributed by atoms with E-state index in [-0.39, 0.29) is 12.6 Å². The van der Waals surface area contributed by atoms with E-state index >= 15 is 0 Å². The Morgan fingerprint density at radius 1 is 1.89 bits per heavy atom. The first-order chi connectivity index (χ1) is 4.34. The Balaban J connectivity index is 2.33.